The number of thiocarbonyl (C=S) groups is 1. The molecule has 1 aliphatic heterocycles. The fraction of sp³-hybridized carbons (Fsp3) is 0.138. The first kappa shape index (κ1) is 24.0. The van der Waals surface area contributed by atoms with Gasteiger partial charge in [0.1, 0.15) is 15.8 Å². The summed E-state index contributed by atoms with van der Waals surface area (Å²) < 4.78 is 8.08. The lowest BCUT2D eigenvalue weighted by Gasteiger charge is -2.14. The van der Waals surface area contributed by atoms with Gasteiger partial charge in [0.2, 0.25) is 0 Å². The first-order chi connectivity index (χ1) is 17.5. The SMILES string of the molecule is CCOc1ccc(-c2nn(-c3ccccc3)cc2/C=C2/SC(=S)N(Cc3ccccc3)C2=O)c(C)c1. The topological polar surface area (TPSA) is 47.4 Å². The number of para-hydroxylation sites is 1. The highest BCUT2D eigenvalue weighted by Crippen LogP contribution is 2.36. The molecule has 180 valence electrons. The van der Waals surface area contributed by atoms with E-state index in [4.69, 9.17) is 22.1 Å². The molecule has 1 amide bonds. The zero-order chi connectivity index (χ0) is 25.1. The highest BCUT2D eigenvalue weighted by atomic mass is 32.2. The second kappa shape index (κ2) is 10.5. The van der Waals surface area contributed by atoms with E-state index in [9.17, 15) is 4.79 Å². The van der Waals surface area contributed by atoms with Crippen LogP contribution in [-0.4, -0.2) is 31.5 Å². The third-order valence-corrected chi connectivity index (χ3v) is 7.25. The fourth-order valence-corrected chi connectivity index (χ4v) is 5.36. The molecule has 0 saturated carbocycles. The normalized spacial score (nSPS) is 14.6. The van der Waals surface area contributed by atoms with E-state index >= 15 is 0 Å². The van der Waals surface area contributed by atoms with Crippen LogP contribution in [0.4, 0.5) is 0 Å². The third kappa shape index (κ3) is 4.98. The van der Waals surface area contributed by atoms with Crippen LogP contribution in [0.15, 0.2) is 90.0 Å². The second-order valence-corrected chi connectivity index (χ2v) is 10.1. The van der Waals surface area contributed by atoms with Crippen molar-refractivity contribution in [2.45, 2.75) is 20.4 Å². The maximum Gasteiger partial charge on any atom is 0.266 e. The molecule has 0 N–H and O–H groups in total. The van der Waals surface area contributed by atoms with Crippen molar-refractivity contribution < 1.29 is 9.53 Å². The highest BCUT2D eigenvalue weighted by Gasteiger charge is 2.32. The van der Waals surface area contributed by atoms with Gasteiger partial charge in [-0.15, -0.1) is 0 Å². The molecule has 36 heavy (non-hydrogen) atoms. The van der Waals surface area contributed by atoms with Gasteiger partial charge in [0.25, 0.3) is 5.91 Å². The van der Waals surface area contributed by atoms with Crippen molar-refractivity contribution in [3.8, 4) is 22.7 Å². The Labute approximate surface area is 220 Å². The van der Waals surface area contributed by atoms with Gasteiger partial charge in [-0.3, -0.25) is 9.69 Å². The maximum absolute atomic E-state index is 13.3. The molecular weight excluding hydrogens is 486 g/mol. The summed E-state index contributed by atoms with van der Waals surface area (Å²) in [6, 6.07) is 25.8. The molecule has 0 bridgehead atoms. The molecule has 2 heterocycles. The summed E-state index contributed by atoms with van der Waals surface area (Å²) in [5.41, 5.74) is 5.67. The van der Waals surface area contributed by atoms with Gasteiger partial charge in [0.15, 0.2) is 0 Å². The van der Waals surface area contributed by atoms with Gasteiger partial charge in [-0.2, -0.15) is 5.10 Å². The first-order valence-corrected chi connectivity index (χ1v) is 12.9. The minimum atomic E-state index is -0.0873. The molecule has 0 atom stereocenters. The minimum Gasteiger partial charge on any atom is -0.494 e. The molecule has 0 radical (unpaired) electrons. The van der Waals surface area contributed by atoms with Crippen LogP contribution in [0.1, 0.15) is 23.6 Å². The van der Waals surface area contributed by atoms with Crippen LogP contribution in [0, 0.1) is 6.92 Å². The summed E-state index contributed by atoms with van der Waals surface area (Å²) in [6.45, 7) is 5.08. The first-order valence-electron chi connectivity index (χ1n) is 11.7. The molecule has 1 aromatic heterocycles. The lowest BCUT2D eigenvalue weighted by molar-refractivity contribution is -0.122. The number of benzene rings is 3. The number of nitrogens with zero attached hydrogens (tertiary/aromatic N) is 3. The van der Waals surface area contributed by atoms with Gasteiger partial charge in [0.05, 0.1) is 23.7 Å². The molecule has 3 aromatic carbocycles. The molecule has 1 fully saturated rings. The number of carbonyl (C=O) groups excluding carboxylic acids is 1. The van der Waals surface area contributed by atoms with Gasteiger partial charge in [-0.05, 0) is 61.4 Å². The van der Waals surface area contributed by atoms with Gasteiger partial charge in [-0.25, -0.2) is 4.68 Å². The van der Waals surface area contributed by atoms with E-state index in [0.717, 1.165) is 39.4 Å². The lowest BCUT2D eigenvalue weighted by Crippen LogP contribution is -2.27. The van der Waals surface area contributed by atoms with Gasteiger partial charge in [-0.1, -0.05) is 72.5 Å². The Bertz CT molecular complexity index is 1450. The number of hydrogen-bond acceptors (Lipinski definition) is 5. The number of carbonyl (C=O) groups is 1. The number of aryl methyl sites for hydroxylation is 1. The van der Waals surface area contributed by atoms with Crippen molar-refractivity contribution in [2.24, 2.45) is 0 Å². The number of ether oxygens (including phenoxy) is 1. The Morgan fingerprint density at radius 2 is 1.75 bits per heavy atom. The molecule has 0 unspecified atom stereocenters. The standard InChI is InChI=1S/C29H25N3O2S2/c1-3-34-24-14-15-25(20(2)16-24)27-22(19-32(30-27)23-12-8-5-9-13-23)17-26-28(33)31(29(35)36-26)18-21-10-6-4-7-11-21/h4-17,19H,3,18H2,1-2H3/b26-17+. The van der Waals surface area contributed by atoms with E-state index in [0.29, 0.717) is 22.4 Å². The van der Waals surface area contributed by atoms with Crippen molar-refractivity contribution in [3.05, 3.63) is 107 Å². The van der Waals surface area contributed by atoms with E-state index < -0.39 is 0 Å². The smallest absolute Gasteiger partial charge is 0.266 e. The van der Waals surface area contributed by atoms with Crippen LogP contribution in [0.3, 0.4) is 0 Å². The maximum atomic E-state index is 13.3. The van der Waals surface area contributed by atoms with Crippen LogP contribution in [0.25, 0.3) is 23.0 Å². The number of rotatable bonds is 7. The predicted octanol–water partition coefficient (Wildman–Crippen LogP) is 6.65. The summed E-state index contributed by atoms with van der Waals surface area (Å²) in [7, 11) is 0. The van der Waals surface area contributed by atoms with E-state index in [2.05, 4.69) is 0 Å². The van der Waals surface area contributed by atoms with E-state index in [1.807, 2.05) is 110 Å². The number of hydrogen-bond donors (Lipinski definition) is 0. The Hall–Kier alpha value is -3.68. The molecule has 1 saturated heterocycles. The summed E-state index contributed by atoms with van der Waals surface area (Å²) in [4.78, 5) is 15.6. The van der Waals surface area contributed by atoms with Crippen LogP contribution in [0.5, 0.6) is 5.75 Å². The van der Waals surface area contributed by atoms with Gasteiger partial charge >= 0.3 is 0 Å². The van der Waals surface area contributed by atoms with E-state index in [1.54, 1.807) is 4.90 Å². The molecule has 0 spiro atoms. The molecule has 1 aliphatic rings. The predicted molar refractivity (Wildman–Crippen MR) is 150 cm³/mol. The zero-order valence-electron chi connectivity index (χ0n) is 20.0. The average molecular weight is 512 g/mol. The van der Waals surface area contributed by atoms with Crippen molar-refractivity contribution in [3.63, 3.8) is 0 Å². The Morgan fingerprint density at radius 3 is 2.44 bits per heavy atom. The number of aromatic nitrogens is 2. The molecule has 0 aliphatic carbocycles. The van der Waals surface area contributed by atoms with Crippen molar-refractivity contribution in [1.29, 1.82) is 0 Å². The average Bonchev–Trinajstić information content (AvgIpc) is 3.42. The zero-order valence-corrected chi connectivity index (χ0v) is 21.7. The Balaban J connectivity index is 1.54. The Morgan fingerprint density at radius 1 is 1.03 bits per heavy atom. The number of amides is 1. The number of thioether (sulfide) groups is 1. The summed E-state index contributed by atoms with van der Waals surface area (Å²) in [6.07, 6.45) is 3.87. The fourth-order valence-electron chi connectivity index (χ4n) is 4.12. The molecule has 5 rings (SSSR count). The van der Waals surface area contributed by atoms with Crippen molar-refractivity contribution in [2.75, 3.05) is 6.61 Å². The largest absolute Gasteiger partial charge is 0.494 e. The van der Waals surface area contributed by atoms with Crippen LogP contribution < -0.4 is 4.74 Å². The molecule has 4 aromatic rings. The summed E-state index contributed by atoms with van der Waals surface area (Å²) in [5.74, 6) is 0.736. The third-order valence-electron chi connectivity index (χ3n) is 5.87. The Kier molecular flexibility index (Phi) is 7.02. The molecule has 5 nitrogen and oxygen atoms in total. The van der Waals surface area contributed by atoms with Gasteiger partial charge < -0.3 is 4.74 Å². The van der Waals surface area contributed by atoms with Crippen molar-refractivity contribution >= 4 is 40.3 Å². The van der Waals surface area contributed by atoms with Crippen LogP contribution in [-0.2, 0) is 11.3 Å². The van der Waals surface area contributed by atoms with Crippen molar-refractivity contribution in [1.82, 2.24) is 14.7 Å². The van der Waals surface area contributed by atoms with Crippen LogP contribution >= 0.6 is 24.0 Å². The highest BCUT2D eigenvalue weighted by molar-refractivity contribution is 8.26. The van der Waals surface area contributed by atoms with E-state index in [1.165, 1.54) is 11.8 Å². The summed E-state index contributed by atoms with van der Waals surface area (Å²) in [5, 5.41) is 4.92. The van der Waals surface area contributed by atoms with Crippen LogP contribution in [0.2, 0.25) is 0 Å². The lowest BCUT2D eigenvalue weighted by atomic mass is 10.0. The second-order valence-electron chi connectivity index (χ2n) is 8.38. The molecule has 7 heteroatoms. The monoisotopic (exact) mass is 511 g/mol. The van der Waals surface area contributed by atoms with Gasteiger partial charge in [0, 0.05) is 17.3 Å². The quantitative estimate of drug-likeness (QED) is 0.205. The summed E-state index contributed by atoms with van der Waals surface area (Å²) >= 11 is 6.90. The molecular formula is C29H25N3O2S2. The van der Waals surface area contributed by atoms with E-state index in [-0.39, 0.29) is 5.91 Å². The minimum absolute atomic E-state index is 0.0873.